The molecule has 1 aromatic heterocycles. The van der Waals surface area contributed by atoms with Crippen LogP contribution in [0.5, 0.6) is 5.75 Å². The Morgan fingerprint density at radius 1 is 1.06 bits per heavy atom. The van der Waals surface area contributed by atoms with E-state index in [1.165, 1.54) is 7.11 Å². The minimum Gasteiger partial charge on any atom is -0.493 e. The second-order valence-electron chi connectivity index (χ2n) is 8.29. The van der Waals surface area contributed by atoms with Crippen LogP contribution in [0.25, 0.3) is 11.5 Å². The van der Waals surface area contributed by atoms with E-state index in [9.17, 15) is 4.79 Å². The third-order valence-corrected chi connectivity index (χ3v) is 6.17. The van der Waals surface area contributed by atoms with Crippen molar-refractivity contribution in [1.29, 1.82) is 0 Å². The van der Waals surface area contributed by atoms with Gasteiger partial charge >= 0.3 is 5.97 Å². The lowest BCUT2D eigenvalue weighted by atomic mass is 9.80. The summed E-state index contributed by atoms with van der Waals surface area (Å²) < 4.78 is 16.8. The minimum atomic E-state index is -0.363. The fourth-order valence-corrected chi connectivity index (χ4v) is 4.45. The van der Waals surface area contributed by atoms with Gasteiger partial charge in [-0.2, -0.15) is 0 Å². The number of carbonyl (C=O) groups is 1. The average Bonchev–Trinajstić information content (AvgIpc) is 3.42. The zero-order chi connectivity index (χ0) is 21.7. The lowest BCUT2D eigenvalue weighted by Gasteiger charge is -2.25. The Hall–Kier alpha value is -3.08. The molecule has 3 aromatic rings. The number of rotatable bonds is 8. The summed E-state index contributed by atoms with van der Waals surface area (Å²) in [6.45, 7) is 2.46. The molecule has 1 heterocycles. The first kappa shape index (κ1) is 21.2. The molecule has 0 atom stereocenters. The summed E-state index contributed by atoms with van der Waals surface area (Å²) in [6, 6.07) is 17.9. The number of nitrogens with zero attached hydrogens (tertiary/aromatic N) is 1. The van der Waals surface area contributed by atoms with E-state index in [0.29, 0.717) is 18.9 Å². The highest BCUT2D eigenvalue weighted by molar-refractivity contribution is 5.77. The van der Waals surface area contributed by atoms with Gasteiger partial charge in [-0.1, -0.05) is 43.2 Å². The van der Waals surface area contributed by atoms with Crippen molar-refractivity contribution in [2.45, 2.75) is 45.4 Å². The van der Waals surface area contributed by atoms with Crippen molar-refractivity contribution in [3.8, 4) is 17.2 Å². The van der Waals surface area contributed by atoms with Gasteiger partial charge in [-0.05, 0) is 56.0 Å². The summed E-state index contributed by atoms with van der Waals surface area (Å²) in [4.78, 5) is 17.0. The summed E-state index contributed by atoms with van der Waals surface area (Å²) in [5, 5.41) is 0. The van der Waals surface area contributed by atoms with Crippen molar-refractivity contribution in [1.82, 2.24) is 4.98 Å². The number of aromatic nitrogens is 1. The van der Waals surface area contributed by atoms with Gasteiger partial charge in [0.1, 0.15) is 11.5 Å². The Morgan fingerprint density at radius 2 is 1.77 bits per heavy atom. The van der Waals surface area contributed by atoms with Crippen LogP contribution < -0.4 is 4.74 Å². The molecule has 1 aliphatic rings. The molecule has 0 saturated heterocycles. The first-order valence-corrected chi connectivity index (χ1v) is 10.9. The zero-order valence-corrected chi connectivity index (χ0v) is 18.2. The van der Waals surface area contributed by atoms with E-state index in [4.69, 9.17) is 13.9 Å². The lowest BCUT2D eigenvalue weighted by molar-refractivity contribution is -0.152. The van der Waals surface area contributed by atoms with Gasteiger partial charge in [0, 0.05) is 12.0 Å². The molecule has 0 N–H and O–H groups in total. The third-order valence-electron chi connectivity index (χ3n) is 6.17. The predicted molar refractivity (Wildman–Crippen MR) is 119 cm³/mol. The second kappa shape index (κ2) is 9.38. The molecule has 162 valence electrons. The Morgan fingerprint density at radius 3 is 2.45 bits per heavy atom. The highest BCUT2D eigenvalue weighted by atomic mass is 16.5. The molecule has 2 aromatic carbocycles. The summed E-state index contributed by atoms with van der Waals surface area (Å²) in [5.74, 6) is 2.20. The maximum Gasteiger partial charge on any atom is 0.312 e. The SMILES string of the molecule is COC(=O)C1(Cc2ccc(OCCc3nc(-c4ccccc4)oc3C)cc2)CCCC1. The van der Waals surface area contributed by atoms with Gasteiger partial charge in [0.2, 0.25) is 5.89 Å². The summed E-state index contributed by atoms with van der Waals surface area (Å²) >= 11 is 0. The molecule has 0 amide bonds. The average molecular weight is 420 g/mol. The fraction of sp³-hybridized carbons (Fsp3) is 0.385. The van der Waals surface area contributed by atoms with Crippen LogP contribution in [0.1, 0.15) is 42.7 Å². The van der Waals surface area contributed by atoms with Crippen LogP contribution in [0.4, 0.5) is 0 Å². The standard InChI is InChI=1S/C26H29NO4/c1-19-23(27-24(31-19)21-8-4-3-5-9-21)14-17-30-22-12-10-20(11-13-22)18-26(25(28)29-2)15-6-7-16-26/h3-5,8-13H,6-7,14-18H2,1-2H3. The molecule has 0 unspecified atom stereocenters. The Balaban J connectivity index is 1.33. The van der Waals surface area contributed by atoms with Crippen molar-refractivity contribution >= 4 is 5.97 Å². The molecule has 0 spiro atoms. The fourth-order valence-electron chi connectivity index (χ4n) is 4.45. The molecule has 31 heavy (non-hydrogen) atoms. The first-order chi connectivity index (χ1) is 15.1. The number of hydrogen-bond acceptors (Lipinski definition) is 5. The Bertz CT molecular complexity index is 1000. The third kappa shape index (κ3) is 4.82. The van der Waals surface area contributed by atoms with Crippen molar-refractivity contribution < 1.29 is 18.7 Å². The van der Waals surface area contributed by atoms with E-state index in [-0.39, 0.29) is 11.4 Å². The van der Waals surface area contributed by atoms with Crippen LogP contribution in [-0.2, 0) is 22.4 Å². The Kier molecular flexibility index (Phi) is 6.40. The quantitative estimate of drug-likeness (QED) is 0.448. The molecule has 4 rings (SSSR count). The van der Waals surface area contributed by atoms with Crippen LogP contribution in [0.3, 0.4) is 0 Å². The van der Waals surface area contributed by atoms with Crippen LogP contribution in [-0.4, -0.2) is 24.7 Å². The van der Waals surface area contributed by atoms with Crippen molar-refractivity contribution in [3.63, 3.8) is 0 Å². The van der Waals surface area contributed by atoms with E-state index in [1.807, 2.05) is 61.5 Å². The van der Waals surface area contributed by atoms with E-state index in [0.717, 1.165) is 60.4 Å². The van der Waals surface area contributed by atoms with Gasteiger partial charge in [-0.25, -0.2) is 4.98 Å². The zero-order valence-electron chi connectivity index (χ0n) is 18.2. The van der Waals surface area contributed by atoms with Crippen LogP contribution in [0, 0.1) is 12.3 Å². The number of carbonyl (C=O) groups excluding carboxylic acids is 1. The Labute approximate surface area is 183 Å². The minimum absolute atomic E-state index is 0.0804. The normalized spacial score (nSPS) is 15.0. The molecule has 5 heteroatoms. The smallest absolute Gasteiger partial charge is 0.312 e. The number of aryl methyl sites for hydroxylation is 1. The predicted octanol–water partition coefficient (Wildman–Crippen LogP) is 5.55. The number of esters is 1. The molecule has 1 fully saturated rings. The van der Waals surface area contributed by atoms with Crippen LogP contribution >= 0.6 is 0 Å². The highest BCUT2D eigenvalue weighted by Crippen LogP contribution is 2.42. The van der Waals surface area contributed by atoms with E-state index in [2.05, 4.69) is 4.98 Å². The van der Waals surface area contributed by atoms with E-state index in [1.54, 1.807) is 0 Å². The lowest BCUT2D eigenvalue weighted by Crippen LogP contribution is -2.31. The molecular formula is C26H29NO4. The van der Waals surface area contributed by atoms with Crippen molar-refractivity contribution in [2.24, 2.45) is 5.41 Å². The molecular weight excluding hydrogens is 390 g/mol. The maximum atomic E-state index is 12.3. The molecule has 0 radical (unpaired) electrons. The topological polar surface area (TPSA) is 61.6 Å². The molecule has 0 aliphatic heterocycles. The molecule has 1 aliphatic carbocycles. The first-order valence-electron chi connectivity index (χ1n) is 10.9. The van der Waals surface area contributed by atoms with Gasteiger partial charge in [0.15, 0.2) is 0 Å². The van der Waals surface area contributed by atoms with Crippen LogP contribution in [0.15, 0.2) is 59.0 Å². The van der Waals surface area contributed by atoms with Gasteiger partial charge in [0.05, 0.1) is 24.8 Å². The van der Waals surface area contributed by atoms with E-state index >= 15 is 0 Å². The van der Waals surface area contributed by atoms with Gasteiger partial charge < -0.3 is 13.9 Å². The maximum absolute atomic E-state index is 12.3. The molecule has 5 nitrogen and oxygen atoms in total. The van der Waals surface area contributed by atoms with Gasteiger partial charge in [-0.15, -0.1) is 0 Å². The monoisotopic (exact) mass is 419 g/mol. The highest BCUT2D eigenvalue weighted by Gasteiger charge is 2.42. The number of oxazole rings is 1. The van der Waals surface area contributed by atoms with Gasteiger partial charge in [0.25, 0.3) is 0 Å². The molecule has 0 bridgehead atoms. The van der Waals surface area contributed by atoms with Crippen molar-refractivity contribution in [3.05, 3.63) is 71.6 Å². The number of hydrogen-bond donors (Lipinski definition) is 0. The number of benzene rings is 2. The van der Waals surface area contributed by atoms with Gasteiger partial charge in [-0.3, -0.25) is 4.79 Å². The summed E-state index contributed by atoms with van der Waals surface area (Å²) in [6.07, 6.45) is 5.38. The summed E-state index contributed by atoms with van der Waals surface area (Å²) in [7, 11) is 1.48. The van der Waals surface area contributed by atoms with Crippen LogP contribution in [0.2, 0.25) is 0 Å². The summed E-state index contributed by atoms with van der Waals surface area (Å²) in [5.41, 5.74) is 2.66. The van der Waals surface area contributed by atoms with E-state index < -0.39 is 0 Å². The number of ether oxygens (including phenoxy) is 2. The second-order valence-corrected chi connectivity index (χ2v) is 8.29. The largest absolute Gasteiger partial charge is 0.493 e. The van der Waals surface area contributed by atoms with Crippen molar-refractivity contribution in [2.75, 3.05) is 13.7 Å². The number of methoxy groups -OCH3 is 1. The molecule has 1 saturated carbocycles.